The van der Waals surface area contributed by atoms with Gasteiger partial charge in [-0.2, -0.15) is 0 Å². The van der Waals surface area contributed by atoms with Crippen LogP contribution >= 0.6 is 0 Å². The third-order valence-electron chi connectivity index (χ3n) is 3.77. The summed E-state index contributed by atoms with van der Waals surface area (Å²) in [5.74, 6) is 0.976. The summed E-state index contributed by atoms with van der Waals surface area (Å²) in [5.41, 5.74) is 6.87. The molecule has 0 bridgehead atoms. The molecule has 100 valence electrons. The topological polar surface area (TPSA) is 73.0 Å². The molecule has 0 radical (unpaired) electrons. The largest absolute Gasteiger partial charge is 0.383 e. The molecule has 0 amide bonds. The van der Waals surface area contributed by atoms with Crippen molar-refractivity contribution in [3.8, 4) is 0 Å². The van der Waals surface area contributed by atoms with Crippen LogP contribution in [0, 0.1) is 5.92 Å². The number of nitrogens with zero attached hydrogens (tertiary/aromatic N) is 1. The first-order valence-electron chi connectivity index (χ1n) is 6.35. The maximum atomic E-state index is 11.6. The highest BCUT2D eigenvalue weighted by Gasteiger charge is 2.29. The summed E-state index contributed by atoms with van der Waals surface area (Å²) >= 11 is 0. The minimum atomic E-state index is -2.91. The molecule has 1 aliphatic rings. The number of aromatic nitrogens is 1. The average Bonchev–Trinajstić information content (AvgIpc) is 2.31. The van der Waals surface area contributed by atoms with Crippen LogP contribution in [0.1, 0.15) is 31.2 Å². The van der Waals surface area contributed by atoms with E-state index in [4.69, 9.17) is 5.73 Å². The highest BCUT2D eigenvalue weighted by molar-refractivity contribution is 7.91. The Balaban J connectivity index is 2.05. The van der Waals surface area contributed by atoms with E-state index in [9.17, 15) is 8.42 Å². The minimum Gasteiger partial charge on any atom is -0.383 e. The SMILES string of the molecule is CS(=O)(=O)C1CCCC(Cc2cccnc2N)C1. The summed E-state index contributed by atoms with van der Waals surface area (Å²) in [7, 11) is -2.91. The second kappa shape index (κ2) is 5.26. The van der Waals surface area contributed by atoms with Gasteiger partial charge < -0.3 is 5.73 Å². The summed E-state index contributed by atoms with van der Waals surface area (Å²) in [4.78, 5) is 4.07. The molecule has 1 saturated carbocycles. The lowest BCUT2D eigenvalue weighted by atomic mass is 9.84. The summed E-state index contributed by atoms with van der Waals surface area (Å²) in [6.45, 7) is 0. The first-order valence-corrected chi connectivity index (χ1v) is 8.30. The molecule has 0 aromatic carbocycles. The van der Waals surface area contributed by atoms with E-state index in [1.54, 1.807) is 6.20 Å². The van der Waals surface area contributed by atoms with E-state index < -0.39 is 9.84 Å². The number of anilines is 1. The molecule has 1 aromatic heterocycles. The molecule has 0 saturated heterocycles. The number of nitrogens with two attached hydrogens (primary N) is 1. The van der Waals surface area contributed by atoms with Crippen molar-refractivity contribution in [3.05, 3.63) is 23.9 Å². The fraction of sp³-hybridized carbons (Fsp3) is 0.615. The van der Waals surface area contributed by atoms with Crippen molar-refractivity contribution >= 4 is 15.7 Å². The zero-order valence-electron chi connectivity index (χ0n) is 10.7. The van der Waals surface area contributed by atoms with Gasteiger partial charge in [0.15, 0.2) is 0 Å². The third kappa shape index (κ3) is 3.22. The second-order valence-electron chi connectivity index (χ2n) is 5.24. The van der Waals surface area contributed by atoms with Gasteiger partial charge in [-0.05, 0) is 36.8 Å². The van der Waals surface area contributed by atoms with Gasteiger partial charge in [-0.25, -0.2) is 13.4 Å². The molecular weight excluding hydrogens is 248 g/mol. The Labute approximate surface area is 109 Å². The molecule has 4 nitrogen and oxygen atoms in total. The van der Waals surface area contributed by atoms with E-state index in [1.807, 2.05) is 12.1 Å². The van der Waals surface area contributed by atoms with Crippen molar-refractivity contribution in [3.63, 3.8) is 0 Å². The molecular formula is C13H20N2O2S. The van der Waals surface area contributed by atoms with Crippen molar-refractivity contribution in [2.24, 2.45) is 5.92 Å². The molecule has 1 heterocycles. The van der Waals surface area contributed by atoms with Crippen molar-refractivity contribution in [2.75, 3.05) is 12.0 Å². The van der Waals surface area contributed by atoms with Crippen LogP contribution in [-0.2, 0) is 16.3 Å². The normalized spacial score (nSPS) is 24.9. The zero-order chi connectivity index (χ0) is 13.2. The summed E-state index contributed by atoms with van der Waals surface area (Å²) in [6, 6.07) is 3.86. The maximum Gasteiger partial charge on any atom is 0.150 e. The van der Waals surface area contributed by atoms with Crippen LogP contribution < -0.4 is 5.73 Å². The Hall–Kier alpha value is -1.10. The van der Waals surface area contributed by atoms with Crippen LogP contribution in [0.2, 0.25) is 0 Å². The quantitative estimate of drug-likeness (QED) is 0.907. The van der Waals surface area contributed by atoms with E-state index in [1.165, 1.54) is 6.26 Å². The molecule has 0 spiro atoms. The summed E-state index contributed by atoms with van der Waals surface area (Å²) < 4.78 is 23.2. The van der Waals surface area contributed by atoms with Gasteiger partial charge in [0.25, 0.3) is 0 Å². The number of hydrogen-bond acceptors (Lipinski definition) is 4. The smallest absolute Gasteiger partial charge is 0.150 e. The predicted molar refractivity (Wildman–Crippen MR) is 72.9 cm³/mol. The lowest BCUT2D eigenvalue weighted by Gasteiger charge is -2.28. The lowest BCUT2D eigenvalue weighted by Crippen LogP contribution is -2.28. The highest BCUT2D eigenvalue weighted by atomic mass is 32.2. The van der Waals surface area contributed by atoms with Crippen molar-refractivity contribution in [2.45, 2.75) is 37.4 Å². The van der Waals surface area contributed by atoms with E-state index in [0.29, 0.717) is 11.7 Å². The van der Waals surface area contributed by atoms with Gasteiger partial charge in [-0.3, -0.25) is 0 Å². The van der Waals surface area contributed by atoms with Crippen LogP contribution in [0.15, 0.2) is 18.3 Å². The average molecular weight is 268 g/mol. The zero-order valence-corrected chi connectivity index (χ0v) is 11.5. The Kier molecular flexibility index (Phi) is 3.90. The van der Waals surface area contributed by atoms with Gasteiger partial charge >= 0.3 is 0 Å². The molecule has 0 aliphatic heterocycles. The van der Waals surface area contributed by atoms with Crippen LogP contribution in [0.5, 0.6) is 0 Å². The van der Waals surface area contributed by atoms with Gasteiger partial charge in [-0.1, -0.05) is 18.9 Å². The van der Waals surface area contributed by atoms with Gasteiger partial charge in [-0.15, -0.1) is 0 Å². The lowest BCUT2D eigenvalue weighted by molar-refractivity contribution is 0.356. The first kappa shape index (κ1) is 13.3. The number of nitrogen functional groups attached to an aromatic ring is 1. The third-order valence-corrected chi connectivity index (χ3v) is 5.41. The fourth-order valence-corrected chi connectivity index (χ4v) is 3.97. The van der Waals surface area contributed by atoms with Crippen LogP contribution in [0.4, 0.5) is 5.82 Å². The van der Waals surface area contributed by atoms with Crippen molar-refractivity contribution < 1.29 is 8.42 Å². The molecule has 5 heteroatoms. The Morgan fingerprint density at radius 3 is 2.89 bits per heavy atom. The molecule has 2 N–H and O–H groups in total. The van der Waals surface area contributed by atoms with Gasteiger partial charge in [0, 0.05) is 12.5 Å². The van der Waals surface area contributed by atoms with Crippen LogP contribution in [0.25, 0.3) is 0 Å². The Bertz CT molecular complexity index is 513. The summed E-state index contributed by atoms with van der Waals surface area (Å²) in [6.07, 6.45) is 7.50. The number of hydrogen-bond donors (Lipinski definition) is 1. The van der Waals surface area contributed by atoms with Gasteiger partial charge in [0.05, 0.1) is 5.25 Å². The second-order valence-corrected chi connectivity index (χ2v) is 7.56. The predicted octanol–water partition coefficient (Wildman–Crippen LogP) is 1.81. The molecule has 18 heavy (non-hydrogen) atoms. The maximum absolute atomic E-state index is 11.6. The molecule has 2 rings (SSSR count). The molecule has 2 unspecified atom stereocenters. The van der Waals surface area contributed by atoms with E-state index in [-0.39, 0.29) is 5.25 Å². The minimum absolute atomic E-state index is 0.172. The monoisotopic (exact) mass is 268 g/mol. The molecule has 2 atom stereocenters. The van der Waals surface area contributed by atoms with Gasteiger partial charge in [0.1, 0.15) is 15.7 Å². The fourth-order valence-electron chi connectivity index (χ4n) is 2.75. The van der Waals surface area contributed by atoms with E-state index in [2.05, 4.69) is 4.98 Å². The van der Waals surface area contributed by atoms with E-state index >= 15 is 0 Å². The number of sulfone groups is 1. The summed E-state index contributed by atoms with van der Waals surface area (Å²) in [5, 5.41) is -0.172. The Morgan fingerprint density at radius 1 is 1.44 bits per heavy atom. The van der Waals surface area contributed by atoms with Crippen LogP contribution in [0.3, 0.4) is 0 Å². The van der Waals surface area contributed by atoms with Gasteiger partial charge in [0.2, 0.25) is 0 Å². The molecule has 1 aromatic rings. The standard InChI is InChI=1S/C13H20N2O2S/c1-18(16,17)12-6-2-4-10(9-12)8-11-5-3-7-15-13(11)14/h3,5,7,10,12H,2,4,6,8-9H2,1H3,(H2,14,15). The molecule has 1 fully saturated rings. The van der Waals surface area contributed by atoms with Crippen molar-refractivity contribution in [1.82, 2.24) is 4.98 Å². The van der Waals surface area contributed by atoms with Crippen LogP contribution in [-0.4, -0.2) is 24.9 Å². The van der Waals surface area contributed by atoms with Crippen molar-refractivity contribution in [1.29, 1.82) is 0 Å². The first-order chi connectivity index (χ1) is 8.47. The van der Waals surface area contributed by atoms with E-state index in [0.717, 1.165) is 37.7 Å². The number of pyridine rings is 1. The molecule has 1 aliphatic carbocycles. The Morgan fingerprint density at radius 2 is 2.22 bits per heavy atom. The number of rotatable bonds is 3. The highest BCUT2D eigenvalue weighted by Crippen LogP contribution is 2.31.